The third kappa shape index (κ3) is 4.79. The number of amides is 1. The summed E-state index contributed by atoms with van der Waals surface area (Å²) in [5.41, 5.74) is 3.94. The molecule has 0 aliphatic heterocycles. The number of carbonyl (C=O) groups excluding carboxylic acids is 1. The molecule has 178 valence electrons. The van der Waals surface area contributed by atoms with E-state index >= 15 is 0 Å². The molecular weight excluding hydrogens is 470 g/mol. The molecule has 5 aromatic rings. The van der Waals surface area contributed by atoms with E-state index in [9.17, 15) is 4.79 Å². The van der Waals surface area contributed by atoms with Crippen molar-refractivity contribution in [3.8, 4) is 17.1 Å². The predicted octanol–water partition coefficient (Wildman–Crippen LogP) is 4.19. The normalized spacial score (nSPS) is 12.2. The van der Waals surface area contributed by atoms with Gasteiger partial charge in [0.1, 0.15) is 11.4 Å². The molecule has 0 unspecified atom stereocenters. The fraction of sp³-hybridized carbons (Fsp3) is 0.208. The Kier molecular flexibility index (Phi) is 6.30. The zero-order valence-electron chi connectivity index (χ0n) is 19.0. The van der Waals surface area contributed by atoms with E-state index in [1.54, 1.807) is 31.9 Å². The summed E-state index contributed by atoms with van der Waals surface area (Å²) in [4.78, 5) is 28.6. The molecule has 2 N–H and O–H groups in total. The van der Waals surface area contributed by atoms with E-state index in [-0.39, 0.29) is 11.8 Å². The number of methoxy groups -OCH3 is 1. The lowest BCUT2D eigenvalue weighted by atomic mass is 10.1. The van der Waals surface area contributed by atoms with Gasteiger partial charge in [0, 0.05) is 36.1 Å². The highest BCUT2D eigenvalue weighted by Crippen LogP contribution is 2.31. The molecular formula is C24H22ClN7O3. The molecule has 0 fully saturated rings. The number of H-pyrrole nitrogens is 1. The van der Waals surface area contributed by atoms with E-state index in [1.807, 2.05) is 41.9 Å². The average Bonchev–Trinajstić information content (AvgIpc) is 3.40. The van der Waals surface area contributed by atoms with Crippen molar-refractivity contribution in [1.29, 1.82) is 0 Å². The Labute approximate surface area is 205 Å². The number of aromatic nitrogens is 6. The Morgan fingerprint density at radius 2 is 2.17 bits per heavy atom. The summed E-state index contributed by atoms with van der Waals surface area (Å²) in [6.07, 6.45) is 6.10. The molecule has 4 aromatic heterocycles. The number of nitrogens with zero attached hydrogens (tertiary/aromatic N) is 5. The van der Waals surface area contributed by atoms with Crippen molar-refractivity contribution < 1.29 is 14.3 Å². The molecule has 11 heteroatoms. The molecule has 1 atom stereocenters. The second-order valence-corrected chi connectivity index (χ2v) is 8.46. The number of pyridine rings is 1. The van der Waals surface area contributed by atoms with Gasteiger partial charge in [-0.25, -0.2) is 14.8 Å². The smallest absolute Gasteiger partial charge is 0.406 e. The Morgan fingerprint density at radius 3 is 2.97 bits per heavy atom. The summed E-state index contributed by atoms with van der Waals surface area (Å²) in [7, 11) is 1.57. The van der Waals surface area contributed by atoms with Gasteiger partial charge >= 0.3 is 6.09 Å². The Bertz CT molecular complexity index is 1500. The number of nitrogens with one attached hydrogen (secondary N) is 2. The van der Waals surface area contributed by atoms with Crippen LogP contribution in [0.25, 0.3) is 33.5 Å². The fourth-order valence-electron chi connectivity index (χ4n) is 3.80. The van der Waals surface area contributed by atoms with E-state index in [4.69, 9.17) is 31.2 Å². The summed E-state index contributed by atoms with van der Waals surface area (Å²) >= 11 is 6.29. The van der Waals surface area contributed by atoms with Crippen LogP contribution in [0, 0.1) is 0 Å². The Balaban J connectivity index is 1.51. The minimum atomic E-state index is -0.608. The number of rotatable bonds is 7. The van der Waals surface area contributed by atoms with E-state index in [0.717, 1.165) is 16.5 Å². The van der Waals surface area contributed by atoms with Gasteiger partial charge in [0.05, 0.1) is 30.9 Å². The highest BCUT2D eigenvalue weighted by atomic mass is 35.5. The van der Waals surface area contributed by atoms with Gasteiger partial charge in [0.2, 0.25) is 0 Å². The average molecular weight is 492 g/mol. The van der Waals surface area contributed by atoms with Crippen LogP contribution in [0.1, 0.15) is 12.5 Å². The van der Waals surface area contributed by atoms with Crippen LogP contribution in [0.2, 0.25) is 5.02 Å². The predicted molar refractivity (Wildman–Crippen MR) is 131 cm³/mol. The third-order valence-electron chi connectivity index (χ3n) is 5.34. The van der Waals surface area contributed by atoms with Gasteiger partial charge in [-0.3, -0.25) is 9.67 Å². The molecule has 35 heavy (non-hydrogen) atoms. The minimum Gasteiger partial charge on any atom is -0.406 e. The van der Waals surface area contributed by atoms with E-state index in [0.29, 0.717) is 40.7 Å². The van der Waals surface area contributed by atoms with Crippen LogP contribution in [-0.2, 0) is 11.3 Å². The standard InChI is InChI=1S/C24H22ClN7O3/c1-14(13-34-2)29-24(33)35-20-11-28-23-22(20)30-18(10-27-23)21-17-6-5-16(25)8-19(17)32(31-21)12-15-4-3-7-26-9-15/h3-11,14H,12-13H2,1-2H3,(H,27,28)(H,29,33)/t14-/m0/s1. The van der Waals surface area contributed by atoms with Gasteiger partial charge in [-0.2, -0.15) is 5.10 Å². The van der Waals surface area contributed by atoms with Crippen LogP contribution >= 0.6 is 11.6 Å². The van der Waals surface area contributed by atoms with E-state index in [1.165, 1.54) is 0 Å². The summed E-state index contributed by atoms with van der Waals surface area (Å²) in [6.45, 7) is 2.70. The van der Waals surface area contributed by atoms with Crippen molar-refractivity contribution in [2.45, 2.75) is 19.5 Å². The molecule has 1 aromatic carbocycles. The van der Waals surface area contributed by atoms with Gasteiger partial charge in [-0.05, 0) is 36.8 Å². The quantitative estimate of drug-likeness (QED) is 0.350. The van der Waals surface area contributed by atoms with Crippen LogP contribution in [0.4, 0.5) is 4.79 Å². The largest absolute Gasteiger partial charge is 0.413 e. The van der Waals surface area contributed by atoms with Crippen LogP contribution in [0.3, 0.4) is 0 Å². The maximum absolute atomic E-state index is 12.3. The molecule has 0 saturated heterocycles. The second kappa shape index (κ2) is 9.69. The molecule has 1 amide bonds. The summed E-state index contributed by atoms with van der Waals surface area (Å²) < 4.78 is 12.4. The lowest BCUT2D eigenvalue weighted by Gasteiger charge is -2.12. The molecule has 0 aliphatic rings. The topological polar surface area (TPSA) is 120 Å². The highest BCUT2D eigenvalue weighted by molar-refractivity contribution is 6.31. The number of hydrogen-bond donors (Lipinski definition) is 2. The summed E-state index contributed by atoms with van der Waals surface area (Å²) in [6, 6.07) is 9.25. The SMILES string of the molecule is COC[C@H](C)NC(=O)Oc1c[nH]c2ncc(-c3nn(Cc4cccnc4)c4cc(Cl)ccc34)nc12. The van der Waals surface area contributed by atoms with E-state index in [2.05, 4.69) is 20.3 Å². The zero-order valence-corrected chi connectivity index (χ0v) is 19.8. The van der Waals surface area contributed by atoms with Crippen molar-refractivity contribution in [2.75, 3.05) is 13.7 Å². The first-order valence-electron chi connectivity index (χ1n) is 10.9. The third-order valence-corrected chi connectivity index (χ3v) is 5.58. The number of ether oxygens (including phenoxy) is 2. The highest BCUT2D eigenvalue weighted by Gasteiger charge is 2.19. The Hall–Kier alpha value is -4.02. The van der Waals surface area contributed by atoms with Gasteiger partial charge in [0.25, 0.3) is 0 Å². The van der Waals surface area contributed by atoms with E-state index < -0.39 is 6.09 Å². The van der Waals surface area contributed by atoms with Crippen molar-refractivity contribution >= 4 is 39.8 Å². The van der Waals surface area contributed by atoms with Gasteiger partial charge in [0.15, 0.2) is 16.9 Å². The van der Waals surface area contributed by atoms with Crippen molar-refractivity contribution in [3.05, 3.63) is 65.7 Å². The number of halogens is 1. The van der Waals surface area contributed by atoms with Crippen LogP contribution in [-0.4, -0.2) is 55.6 Å². The van der Waals surface area contributed by atoms with Crippen LogP contribution < -0.4 is 10.1 Å². The molecule has 0 bridgehead atoms. The number of hydrogen-bond acceptors (Lipinski definition) is 7. The molecule has 5 rings (SSSR count). The molecule has 4 heterocycles. The van der Waals surface area contributed by atoms with Gasteiger partial charge in [-0.1, -0.05) is 17.7 Å². The molecule has 0 saturated carbocycles. The Morgan fingerprint density at radius 1 is 1.29 bits per heavy atom. The minimum absolute atomic E-state index is 0.207. The first kappa shape index (κ1) is 22.8. The molecule has 0 spiro atoms. The first-order chi connectivity index (χ1) is 17.0. The van der Waals surface area contributed by atoms with Crippen molar-refractivity contribution in [1.82, 2.24) is 35.0 Å². The van der Waals surface area contributed by atoms with Crippen LogP contribution in [0.15, 0.2) is 55.1 Å². The summed E-state index contributed by atoms with van der Waals surface area (Å²) in [5.74, 6) is 0.263. The number of benzene rings is 1. The van der Waals surface area contributed by atoms with Crippen LogP contribution in [0.5, 0.6) is 5.75 Å². The van der Waals surface area contributed by atoms with Gasteiger partial charge < -0.3 is 19.8 Å². The maximum atomic E-state index is 12.3. The lowest BCUT2D eigenvalue weighted by molar-refractivity contribution is 0.159. The van der Waals surface area contributed by atoms with Crippen molar-refractivity contribution in [2.24, 2.45) is 0 Å². The van der Waals surface area contributed by atoms with Crippen molar-refractivity contribution in [3.63, 3.8) is 0 Å². The number of aromatic amines is 1. The molecule has 0 radical (unpaired) electrons. The molecule has 0 aliphatic carbocycles. The number of fused-ring (bicyclic) bond motifs is 2. The van der Waals surface area contributed by atoms with Gasteiger partial charge in [-0.15, -0.1) is 0 Å². The maximum Gasteiger partial charge on any atom is 0.413 e. The molecule has 10 nitrogen and oxygen atoms in total. The monoisotopic (exact) mass is 491 g/mol. The fourth-order valence-corrected chi connectivity index (χ4v) is 3.97. The summed E-state index contributed by atoms with van der Waals surface area (Å²) in [5, 5.41) is 9.00. The second-order valence-electron chi connectivity index (χ2n) is 8.02. The zero-order chi connectivity index (χ0) is 24.4. The first-order valence-corrected chi connectivity index (χ1v) is 11.3. The lowest BCUT2D eigenvalue weighted by Crippen LogP contribution is -2.37. The number of carbonyl (C=O) groups is 1.